The zero-order chi connectivity index (χ0) is 24.1. The molecule has 3 fully saturated rings. The molecule has 0 unspecified atom stereocenters. The second kappa shape index (κ2) is 8.38. The maximum absolute atomic E-state index is 13.8. The van der Waals surface area contributed by atoms with Gasteiger partial charge in [0, 0.05) is 24.0 Å². The van der Waals surface area contributed by atoms with Crippen LogP contribution in [0.5, 0.6) is 0 Å². The van der Waals surface area contributed by atoms with Crippen molar-refractivity contribution >= 4 is 21.6 Å². The Hall–Kier alpha value is -2.38. The predicted octanol–water partition coefficient (Wildman–Crippen LogP) is 4.48. The standard InChI is InChI=1S/C27H35N3O3S/c1-20-17-23(34(3,32)33)11-12-24(20)29-19-26(30(25(29)31)18-21-9-10-21)13-15-27(28-2,16-14-26)22-7-5-4-6-8-22/h4-8,11-12,17,21,28H,9-10,13-16,18-19H2,1-3H3/t26-,27+. The summed E-state index contributed by atoms with van der Waals surface area (Å²) in [6, 6.07) is 15.9. The number of urea groups is 1. The summed E-state index contributed by atoms with van der Waals surface area (Å²) in [5.74, 6) is 0.611. The molecule has 1 spiro atoms. The lowest BCUT2D eigenvalue weighted by Crippen LogP contribution is -2.55. The molecule has 5 rings (SSSR count). The Morgan fingerprint density at radius 1 is 1.03 bits per heavy atom. The molecule has 2 saturated carbocycles. The highest BCUT2D eigenvalue weighted by Gasteiger charge is 2.55. The quantitative estimate of drug-likeness (QED) is 0.661. The van der Waals surface area contributed by atoms with Gasteiger partial charge in [-0.1, -0.05) is 30.3 Å². The van der Waals surface area contributed by atoms with E-state index in [1.807, 2.05) is 24.9 Å². The average Bonchev–Trinajstić information content (AvgIpc) is 3.61. The molecule has 0 bridgehead atoms. The van der Waals surface area contributed by atoms with Gasteiger partial charge < -0.3 is 10.2 Å². The van der Waals surface area contributed by atoms with Gasteiger partial charge >= 0.3 is 6.03 Å². The molecule has 1 aliphatic heterocycles. The SMILES string of the molecule is CN[C@]1(c2ccccc2)CC[C@]2(CC1)CN(c1ccc(S(C)(=O)=O)cc1C)C(=O)N2CC1CC1. The first-order valence-corrected chi connectivity index (χ1v) is 14.2. The topological polar surface area (TPSA) is 69.7 Å². The fourth-order valence-electron chi connectivity index (χ4n) is 5.99. The van der Waals surface area contributed by atoms with Gasteiger partial charge in [-0.3, -0.25) is 4.90 Å². The number of amides is 2. The highest BCUT2D eigenvalue weighted by Crippen LogP contribution is 2.49. The summed E-state index contributed by atoms with van der Waals surface area (Å²) in [7, 11) is -1.24. The first-order valence-electron chi connectivity index (χ1n) is 12.3. The third kappa shape index (κ3) is 4.03. The van der Waals surface area contributed by atoms with Crippen molar-refractivity contribution in [3.63, 3.8) is 0 Å². The minimum atomic E-state index is -3.29. The van der Waals surface area contributed by atoms with Crippen molar-refractivity contribution < 1.29 is 13.2 Å². The second-order valence-corrected chi connectivity index (χ2v) is 12.6. The van der Waals surface area contributed by atoms with E-state index in [9.17, 15) is 13.2 Å². The lowest BCUT2D eigenvalue weighted by atomic mass is 9.69. The highest BCUT2D eigenvalue weighted by molar-refractivity contribution is 7.90. The number of nitrogens with one attached hydrogen (secondary N) is 1. The van der Waals surface area contributed by atoms with Crippen LogP contribution in [-0.4, -0.2) is 51.3 Å². The van der Waals surface area contributed by atoms with Crippen LogP contribution in [0.1, 0.15) is 49.7 Å². The Balaban J connectivity index is 1.45. The first kappa shape index (κ1) is 23.4. The summed E-state index contributed by atoms with van der Waals surface area (Å²) < 4.78 is 24.0. The largest absolute Gasteiger partial charge is 0.325 e. The smallest absolute Gasteiger partial charge is 0.317 e. The minimum absolute atomic E-state index is 0.0682. The van der Waals surface area contributed by atoms with Crippen LogP contribution < -0.4 is 10.2 Å². The van der Waals surface area contributed by atoms with Gasteiger partial charge in [0.05, 0.1) is 17.0 Å². The summed E-state index contributed by atoms with van der Waals surface area (Å²) in [6.07, 6.45) is 7.45. The number of carbonyl (C=O) groups is 1. The Morgan fingerprint density at radius 3 is 2.26 bits per heavy atom. The number of nitrogens with zero attached hydrogens (tertiary/aromatic N) is 2. The monoisotopic (exact) mass is 481 g/mol. The maximum atomic E-state index is 13.8. The molecule has 34 heavy (non-hydrogen) atoms. The molecule has 2 amide bonds. The van der Waals surface area contributed by atoms with Crippen LogP contribution in [0.15, 0.2) is 53.4 Å². The summed E-state index contributed by atoms with van der Waals surface area (Å²) >= 11 is 0. The molecule has 2 aromatic rings. The Morgan fingerprint density at radius 2 is 1.71 bits per heavy atom. The molecule has 0 aromatic heterocycles. The minimum Gasteiger partial charge on any atom is -0.317 e. The molecule has 3 aliphatic rings. The maximum Gasteiger partial charge on any atom is 0.325 e. The summed E-state index contributed by atoms with van der Waals surface area (Å²) in [6.45, 7) is 3.38. The van der Waals surface area contributed by atoms with Crippen molar-refractivity contribution in [2.45, 2.75) is 61.4 Å². The third-order valence-corrected chi connectivity index (χ3v) is 9.46. The molecule has 1 saturated heterocycles. The van der Waals surface area contributed by atoms with Crippen LogP contribution in [0.25, 0.3) is 0 Å². The van der Waals surface area contributed by atoms with E-state index in [0.29, 0.717) is 17.4 Å². The van der Waals surface area contributed by atoms with Crippen molar-refractivity contribution in [2.24, 2.45) is 5.92 Å². The van der Waals surface area contributed by atoms with Gasteiger partial charge in [0.25, 0.3) is 0 Å². The number of benzene rings is 2. The number of hydrogen-bond donors (Lipinski definition) is 1. The summed E-state index contributed by atoms with van der Waals surface area (Å²) in [5.41, 5.74) is 2.71. The molecule has 1 heterocycles. The number of carbonyl (C=O) groups excluding carboxylic acids is 1. The van der Waals surface area contributed by atoms with Gasteiger partial charge in [0.15, 0.2) is 9.84 Å². The van der Waals surface area contributed by atoms with E-state index in [1.54, 1.807) is 12.1 Å². The number of sulfone groups is 1. The van der Waals surface area contributed by atoms with E-state index in [2.05, 4.69) is 40.5 Å². The van der Waals surface area contributed by atoms with E-state index >= 15 is 0 Å². The number of anilines is 1. The second-order valence-electron chi connectivity index (χ2n) is 10.6. The van der Waals surface area contributed by atoms with Crippen LogP contribution >= 0.6 is 0 Å². The van der Waals surface area contributed by atoms with Gasteiger partial charge in [0.2, 0.25) is 0 Å². The van der Waals surface area contributed by atoms with E-state index in [-0.39, 0.29) is 17.1 Å². The molecule has 6 nitrogen and oxygen atoms in total. The molecule has 2 aromatic carbocycles. The van der Waals surface area contributed by atoms with Gasteiger partial charge in [-0.15, -0.1) is 0 Å². The Kier molecular flexibility index (Phi) is 5.76. The van der Waals surface area contributed by atoms with Crippen LogP contribution in [0.2, 0.25) is 0 Å². The molecule has 182 valence electrons. The van der Waals surface area contributed by atoms with Gasteiger partial charge in [-0.25, -0.2) is 13.2 Å². The highest BCUT2D eigenvalue weighted by atomic mass is 32.2. The lowest BCUT2D eigenvalue weighted by Gasteiger charge is -2.48. The fraction of sp³-hybridized carbons (Fsp3) is 0.519. The molecule has 1 N–H and O–H groups in total. The van der Waals surface area contributed by atoms with Gasteiger partial charge in [0.1, 0.15) is 0 Å². The average molecular weight is 482 g/mol. The normalized spacial score (nSPS) is 27.6. The fourth-order valence-corrected chi connectivity index (χ4v) is 6.69. The molecular weight excluding hydrogens is 446 g/mol. The molecular formula is C27H35N3O3S. The molecule has 7 heteroatoms. The Bertz CT molecular complexity index is 1180. The summed E-state index contributed by atoms with van der Waals surface area (Å²) in [4.78, 5) is 18.2. The summed E-state index contributed by atoms with van der Waals surface area (Å²) in [5, 5.41) is 3.62. The van der Waals surface area contributed by atoms with Crippen LogP contribution in [-0.2, 0) is 15.4 Å². The lowest BCUT2D eigenvalue weighted by molar-refractivity contribution is 0.0762. The zero-order valence-corrected chi connectivity index (χ0v) is 21.2. The zero-order valence-electron chi connectivity index (χ0n) is 20.4. The van der Waals surface area contributed by atoms with Gasteiger partial charge in [-0.05, 0) is 87.7 Å². The Labute approximate surface area is 203 Å². The predicted molar refractivity (Wildman–Crippen MR) is 135 cm³/mol. The van der Waals surface area contributed by atoms with Crippen molar-refractivity contribution in [2.75, 3.05) is 31.3 Å². The van der Waals surface area contributed by atoms with Crippen molar-refractivity contribution in [1.29, 1.82) is 0 Å². The van der Waals surface area contributed by atoms with E-state index in [0.717, 1.165) is 43.5 Å². The third-order valence-electron chi connectivity index (χ3n) is 8.35. The van der Waals surface area contributed by atoms with Crippen molar-refractivity contribution in [3.05, 3.63) is 59.7 Å². The van der Waals surface area contributed by atoms with Crippen LogP contribution in [0, 0.1) is 12.8 Å². The van der Waals surface area contributed by atoms with Crippen molar-refractivity contribution in [1.82, 2.24) is 10.2 Å². The number of rotatable bonds is 6. The molecule has 0 radical (unpaired) electrons. The number of hydrogen-bond acceptors (Lipinski definition) is 4. The first-order chi connectivity index (χ1) is 16.2. The van der Waals surface area contributed by atoms with E-state index in [4.69, 9.17) is 0 Å². The van der Waals surface area contributed by atoms with Gasteiger partial charge in [-0.2, -0.15) is 0 Å². The van der Waals surface area contributed by atoms with Crippen molar-refractivity contribution in [3.8, 4) is 0 Å². The van der Waals surface area contributed by atoms with E-state index in [1.165, 1.54) is 24.7 Å². The number of aryl methyl sites for hydroxylation is 1. The van der Waals surface area contributed by atoms with Crippen LogP contribution in [0.3, 0.4) is 0 Å². The van der Waals surface area contributed by atoms with E-state index < -0.39 is 9.84 Å². The van der Waals surface area contributed by atoms with Crippen LogP contribution in [0.4, 0.5) is 10.5 Å². The molecule has 0 atom stereocenters. The molecule has 2 aliphatic carbocycles.